The third-order valence-electron chi connectivity index (χ3n) is 3.87. The molecule has 2 aromatic rings. The highest BCUT2D eigenvalue weighted by Gasteiger charge is 2.32. The first-order valence-electron chi connectivity index (χ1n) is 7.89. The Bertz CT molecular complexity index is 727. The van der Waals surface area contributed by atoms with Crippen LogP contribution >= 0.6 is 0 Å². The zero-order valence-corrected chi connectivity index (χ0v) is 13.9. The van der Waals surface area contributed by atoms with Crippen molar-refractivity contribution in [3.8, 4) is 17.1 Å². The second kappa shape index (κ2) is 5.79. The zero-order valence-electron chi connectivity index (χ0n) is 13.9. The Hall–Kier alpha value is -2.05. The topological polar surface area (TPSA) is 50.8 Å². The predicted octanol–water partition coefficient (Wildman–Crippen LogP) is 4.59. The van der Waals surface area contributed by atoms with Crippen LogP contribution in [0.2, 0.25) is 0 Å². The molecular formula is C17H20F3N3O. The Morgan fingerprint density at radius 3 is 2.42 bits per heavy atom. The van der Waals surface area contributed by atoms with Gasteiger partial charge in [0.1, 0.15) is 11.6 Å². The number of hydrogen-bond acceptors (Lipinski definition) is 3. The number of aromatic nitrogens is 3. The Morgan fingerprint density at radius 2 is 1.88 bits per heavy atom. The third-order valence-corrected chi connectivity index (χ3v) is 3.87. The molecule has 1 aliphatic rings. The smallest absolute Gasteiger partial charge is 0.422 e. The fourth-order valence-corrected chi connectivity index (χ4v) is 2.41. The van der Waals surface area contributed by atoms with Gasteiger partial charge in [0.25, 0.3) is 0 Å². The van der Waals surface area contributed by atoms with E-state index >= 15 is 0 Å². The highest BCUT2D eigenvalue weighted by Crippen LogP contribution is 2.45. The maximum Gasteiger partial charge on any atom is 0.422 e. The van der Waals surface area contributed by atoms with Crippen molar-refractivity contribution in [2.24, 2.45) is 0 Å². The minimum absolute atomic E-state index is 0.151. The molecule has 1 N–H and O–H groups in total. The van der Waals surface area contributed by atoms with Crippen LogP contribution in [-0.4, -0.2) is 27.7 Å². The molecule has 2 aromatic heterocycles. The van der Waals surface area contributed by atoms with Gasteiger partial charge in [-0.25, -0.2) is 4.98 Å². The molecule has 0 aromatic carbocycles. The summed E-state index contributed by atoms with van der Waals surface area (Å²) in [5.41, 5.74) is 1.79. The Morgan fingerprint density at radius 1 is 1.17 bits per heavy atom. The number of nitrogens with one attached hydrogen (secondary N) is 1. The molecule has 0 radical (unpaired) electrons. The number of imidazole rings is 1. The van der Waals surface area contributed by atoms with Gasteiger partial charge in [-0.3, -0.25) is 4.98 Å². The average Bonchev–Trinajstić information content (AvgIpc) is 3.18. The van der Waals surface area contributed by atoms with Crippen LogP contribution in [0.1, 0.15) is 50.9 Å². The predicted molar refractivity (Wildman–Crippen MR) is 84.0 cm³/mol. The van der Waals surface area contributed by atoms with E-state index in [9.17, 15) is 13.2 Å². The number of rotatable bonds is 4. The van der Waals surface area contributed by atoms with Crippen molar-refractivity contribution in [3.05, 3.63) is 29.8 Å². The minimum atomic E-state index is -4.36. The molecule has 2 heterocycles. The summed E-state index contributed by atoms with van der Waals surface area (Å²) in [5.74, 6) is 1.30. The molecule has 4 nitrogen and oxygen atoms in total. The van der Waals surface area contributed by atoms with Crippen LogP contribution in [-0.2, 0) is 5.41 Å². The maximum absolute atomic E-state index is 12.5. The first-order chi connectivity index (χ1) is 11.1. The Balaban J connectivity index is 1.90. The summed E-state index contributed by atoms with van der Waals surface area (Å²) in [4.78, 5) is 11.9. The fourth-order valence-electron chi connectivity index (χ4n) is 2.41. The minimum Gasteiger partial charge on any atom is -0.484 e. The van der Waals surface area contributed by atoms with Crippen molar-refractivity contribution < 1.29 is 17.9 Å². The first kappa shape index (κ1) is 16.8. The Kier molecular flexibility index (Phi) is 4.05. The summed E-state index contributed by atoms with van der Waals surface area (Å²) in [7, 11) is 0. The van der Waals surface area contributed by atoms with Gasteiger partial charge in [-0.15, -0.1) is 0 Å². The van der Waals surface area contributed by atoms with Crippen molar-refractivity contribution in [3.63, 3.8) is 0 Å². The monoisotopic (exact) mass is 339 g/mol. The number of aromatic amines is 1. The van der Waals surface area contributed by atoms with E-state index in [0.717, 1.165) is 24.2 Å². The van der Waals surface area contributed by atoms with Gasteiger partial charge < -0.3 is 9.72 Å². The molecule has 1 aliphatic carbocycles. The summed E-state index contributed by atoms with van der Waals surface area (Å²) in [5, 5.41) is 0. The van der Waals surface area contributed by atoms with Crippen LogP contribution < -0.4 is 4.74 Å². The lowest BCUT2D eigenvalue weighted by molar-refractivity contribution is -0.153. The van der Waals surface area contributed by atoms with E-state index in [2.05, 4.69) is 15.0 Å². The molecule has 7 heteroatoms. The quantitative estimate of drug-likeness (QED) is 0.886. The molecule has 0 saturated heterocycles. The molecule has 130 valence electrons. The van der Waals surface area contributed by atoms with Crippen LogP contribution in [0.4, 0.5) is 13.2 Å². The lowest BCUT2D eigenvalue weighted by Gasteiger charge is -2.15. The van der Waals surface area contributed by atoms with Gasteiger partial charge >= 0.3 is 6.18 Å². The van der Waals surface area contributed by atoms with Gasteiger partial charge in [0.05, 0.1) is 17.6 Å². The first-order valence-corrected chi connectivity index (χ1v) is 7.89. The van der Waals surface area contributed by atoms with Crippen LogP contribution in [0.5, 0.6) is 5.75 Å². The van der Waals surface area contributed by atoms with Crippen molar-refractivity contribution in [2.75, 3.05) is 6.61 Å². The standard InChI is InChI=1S/C17H20F3N3O/c1-16(2,3)15-22-8-13(23-15)12-6-14(24-9-17(18,19)20)11(7-21-12)10-4-5-10/h6-8,10H,4-5,9H2,1-3H3,(H,22,23). The van der Waals surface area contributed by atoms with Gasteiger partial charge in [0.15, 0.2) is 6.61 Å². The van der Waals surface area contributed by atoms with Crippen LogP contribution in [0.15, 0.2) is 18.5 Å². The van der Waals surface area contributed by atoms with Crippen LogP contribution in [0.3, 0.4) is 0 Å². The van der Waals surface area contributed by atoms with Gasteiger partial charge in [-0.2, -0.15) is 13.2 Å². The molecule has 1 saturated carbocycles. The van der Waals surface area contributed by atoms with Gasteiger partial charge in [0.2, 0.25) is 0 Å². The number of alkyl halides is 3. The summed E-state index contributed by atoms with van der Waals surface area (Å²) in [6.07, 6.45) is 0.824. The highest BCUT2D eigenvalue weighted by atomic mass is 19.4. The molecular weight excluding hydrogens is 319 g/mol. The van der Waals surface area contributed by atoms with E-state index in [-0.39, 0.29) is 17.1 Å². The molecule has 0 amide bonds. The second-order valence-corrected chi connectivity index (χ2v) is 7.18. The summed E-state index contributed by atoms with van der Waals surface area (Å²) < 4.78 is 42.5. The van der Waals surface area contributed by atoms with Gasteiger partial charge in [-0.1, -0.05) is 20.8 Å². The summed E-state index contributed by atoms with van der Waals surface area (Å²) >= 11 is 0. The number of H-pyrrole nitrogens is 1. The van der Waals surface area contributed by atoms with Crippen molar-refractivity contribution in [2.45, 2.75) is 51.1 Å². The van der Waals surface area contributed by atoms with E-state index in [1.54, 1.807) is 18.5 Å². The normalized spacial score (nSPS) is 15.6. The van der Waals surface area contributed by atoms with E-state index in [1.165, 1.54) is 0 Å². The zero-order chi connectivity index (χ0) is 17.5. The van der Waals surface area contributed by atoms with E-state index in [4.69, 9.17) is 4.74 Å². The number of hydrogen-bond donors (Lipinski definition) is 1. The Labute approximate surface area is 138 Å². The third kappa shape index (κ3) is 3.88. The largest absolute Gasteiger partial charge is 0.484 e. The molecule has 1 fully saturated rings. The van der Waals surface area contributed by atoms with Gasteiger partial charge in [-0.05, 0) is 18.8 Å². The molecule has 0 unspecified atom stereocenters. The molecule has 24 heavy (non-hydrogen) atoms. The maximum atomic E-state index is 12.5. The number of halogens is 3. The van der Waals surface area contributed by atoms with Crippen LogP contribution in [0.25, 0.3) is 11.4 Å². The van der Waals surface area contributed by atoms with E-state index < -0.39 is 12.8 Å². The lowest BCUT2D eigenvalue weighted by atomic mass is 9.96. The average molecular weight is 339 g/mol. The van der Waals surface area contributed by atoms with Crippen molar-refractivity contribution in [1.29, 1.82) is 0 Å². The number of pyridine rings is 1. The molecule has 0 aliphatic heterocycles. The summed E-state index contributed by atoms with van der Waals surface area (Å²) in [6.45, 7) is 4.78. The van der Waals surface area contributed by atoms with Crippen molar-refractivity contribution in [1.82, 2.24) is 15.0 Å². The van der Waals surface area contributed by atoms with Gasteiger partial charge in [0, 0.05) is 23.2 Å². The van der Waals surface area contributed by atoms with Crippen LogP contribution in [0, 0.1) is 0 Å². The second-order valence-electron chi connectivity index (χ2n) is 7.18. The van der Waals surface area contributed by atoms with E-state index in [0.29, 0.717) is 11.4 Å². The molecule has 0 atom stereocenters. The number of ether oxygens (including phenoxy) is 1. The molecule has 0 spiro atoms. The van der Waals surface area contributed by atoms with E-state index in [1.807, 2.05) is 20.8 Å². The lowest BCUT2D eigenvalue weighted by Crippen LogP contribution is -2.19. The molecule has 0 bridgehead atoms. The number of nitrogens with zero attached hydrogens (tertiary/aromatic N) is 2. The molecule has 3 rings (SSSR count). The van der Waals surface area contributed by atoms with Crippen molar-refractivity contribution >= 4 is 0 Å². The summed E-state index contributed by atoms with van der Waals surface area (Å²) in [6, 6.07) is 1.57. The SMILES string of the molecule is CC(C)(C)c1ncc(-c2cc(OCC(F)(F)F)c(C3CC3)cn2)[nH]1. The highest BCUT2D eigenvalue weighted by molar-refractivity contribution is 5.57. The fraction of sp³-hybridized carbons (Fsp3) is 0.529.